The Morgan fingerprint density at radius 1 is 1.27 bits per heavy atom. The van der Waals surface area contributed by atoms with E-state index in [1.807, 2.05) is 5.38 Å². The highest BCUT2D eigenvalue weighted by Crippen LogP contribution is 2.16. The Bertz CT molecular complexity index is 654. The van der Waals surface area contributed by atoms with Crippen LogP contribution >= 0.6 is 11.3 Å². The number of hydroxylamine groups is 1. The number of aryl methyl sites for hydroxylation is 3. The van der Waals surface area contributed by atoms with Crippen molar-refractivity contribution in [2.24, 2.45) is 0 Å². The summed E-state index contributed by atoms with van der Waals surface area (Å²) in [5.41, 5.74) is 3.52. The zero-order valence-electron chi connectivity index (χ0n) is 11.7. The van der Waals surface area contributed by atoms with Gasteiger partial charge in [0.15, 0.2) is 0 Å². The zero-order valence-corrected chi connectivity index (χ0v) is 12.5. The first-order valence-electron chi connectivity index (χ1n) is 6.68. The van der Waals surface area contributed by atoms with E-state index in [-0.39, 0.29) is 12.1 Å². The smallest absolute Gasteiger partial charge is 0.269 e. The molecule has 0 aliphatic heterocycles. The summed E-state index contributed by atoms with van der Waals surface area (Å²) in [6, 6.07) is 6.49. The highest BCUT2D eigenvalue weighted by molar-refractivity contribution is 7.09. The van der Waals surface area contributed by atoms with Gasteiger partial charge >= 0.3 is 0 Å². The standard InChI is InChI=1S/C14H15N3O4S/c18-13(16-19)7-4-11-9-22-14(15-11)8-3-10-1-5-12(6-2-10)17(20)21/h1-2,5-6,9,19H,3-4,7-8H2,(H,16,18). The quantitative estimate of drug-likeness (QED) is 0.462. The van der Waals surface area contributed by atoms with Gasteiger partial charge in [0.1, 0.15) is 0 Å². The number of nitrogens with zero attached hydrogens (tertiary/aromatic N) is 2. The van der Waals surface area contributed by atoms with Gasteiger partial charge in [0.2, 0.25) is 5.91 Å². The maximum absolute atomic E-state index is 10.9. The lowest BCUT2D eigenvalue weighted by Crippen LogP contribution is -2.18. The molecule has 22 heavy (non-hydrogen) atoms. The third-order valence-corrected chi connectivity index (χ3v) is 4.06. The number of rotatable bonds is 7. The van der Waals surface area contributed by atoms with Crippen molar-refractivity contribution in [2.75, 3.05) is 0 Å². The summed E-state index contributed by atoms with van der Waals surface area (Å²) in [6.07, 6.45) is 2.18. The molecule has 1 heterocycles. The molecule has 0 unspecified atom stereocenters. The van der Waals surface area contributed by atoms with Crippen LogP contribution in [0.4, 0.5) is 5.69 Å². The Morgan fingerprint density at radius 3 is 2.64 bits per heavy atom. The van der Waals surface area contributed by atoms with E-state index in [9.17, 15) is 14.9 Å². The highest BCUT2D eigenvalue weighted by Gasteiger charge is 2.07. The molecule has 8 heteroatoms. The van der Waals surface area contributed by atoms with Crippen LogP contribution in [-0.2, 0) is 24.1 Å². The van der Waals surface area contributed by atoms with Crippen molar-refractivity contribution in [3.05, 3.63) is 56.0 Å². The molecule has 0 radical (unpaired) electrons. The molecule has 116 valence electrons. The Labute approximate surface area is 130 Å². The topological polar surface area (TPSA) is 105 Å². The molecule has 0 aliphatic carbocycles. The molecule has 1 aromatic heterocycles. The third kappa shape index (κ3) is 4.61. The van der Waals surface area contributed by atoms with Crippen molar-refractivity contribution in [3.8, 4) is 0 Å². The zero-order chi connectivity index (χ0) is 15.9. The van der Waals surface area contributed by atoms with Gasteiger partial charge in [-0.05, 0) is 18.4 Å². The van der Waals surface area contributed by atoms with Crippen LogP contribution in [0.5, 0.6) is 0 Å². The molecular formula is C14H15N3O4S. The Hall–Kier alpha value is -2.32. The molecular weight excluding hydrogens is 306 g/mol. The predicted molar refractivity (Wildman–Crippen MR) is 80.9 cm³/mol. The highest BCUT2D eigenvalue weighted by atomic mass is 32.1. The summed E-state index contributed by atoms with van der Waals surface area (Å²) < 4.78 is 0. The number of thiazole rings is 1. The van der Waals surface area contributed by atoms with Gasteiger partial charge in [0.25, 0.3) is 5.69 Å². The molecule has 0 aliphatic rings. The summed E-state index contributed by atoms with van der Waals surface area (Å²) in [6.45, 7) is 0. The van der Waals surface area contributed by atoms with Crippen molar-refractivity contribution in [3.63, 3.8) is 0 Å². The molecule has 1 amide bonds. The molecule has 2 rings (SSSR count). The summed E-state index contributed by atoms with van der Waals surface area (Å²) >= 11 is 1.52. The summed E-state index contributed by atoms with van der Waals surface area (Å²) in [5, 5.41) is 21.9. The maximum atomic E-state index is 10.9. The molecule has 0 fully saturated rings. The van der Waals surface area contributed by atoms with Gasteiger partial charge in [-0.3, -0.25) is 20.1 Å². The SMILES string of the molecule is O=C(CCc1csc(CCc2ccc([N+](=O)[O-])cc2)n1)NO. The van der Waals surface area contributed by atoms with E-state index in [1.165, 1.54) is 23.5 Å². The molecule has 7 nitrogen and oxygen atoms in total. The van der Waals surface area contributed by atoms with Crippen molar-refractivity contribution >= 4 is 22.9 Å². The van der Waals surface area contributed by atoms with Crippen LogP contribution in [0.15, 0.2) is 29.6 Å². The minimum Gasteiger partial charge on any atom is -0.289 e. The first-order chi connectivity index (χ1) is 10.6. The number of non-ortho nitro benzene ring substituents is 1. The minimum atomic E-state index is -0.430. The predicted octanol–water partition coefficient (Wildman–Crippen LogP) is 2.27. The first-order valence-corrected chi connectivity index (χ1v) is 7.56. The normalized spacial score (nSPS) is 10.4. The van der Waals surface area contributed by atoms with Crippen molar-refractivity contribution in [1.29, 1.82) is 0 Å². The van der Waals surface area contributed by atoms with Crippen LogP contribution in [0.2, 0.25) is 0 Å². The molecule has 2 aromatic rings. The Kier molecular flexibility index (Phi) is 5.56. The lowest BCUT2D eigenvalue weighted by atomic mass is 10.1. The summed E-state index contributed by atoms with van der Waals surface area (Å²) in [5.74, 6) is -0.430. The summed E-state index contributed by atoms with van der Waals surface area (Å²) in [4.78, 5) is 25.5. The van der Waals surface area contributed by atoms with Crippen molar-refractivity contribution in [1.82, 2.24) is 10.5 Å². The van der Waals surface area contributed by atoms with Crippen LogP contribution in [0.25, 0.3) is 0 Å². The fourth-order valence-electron chi connectivity index (χ4n) is 1.91. The number of hydrogen-bond acceptors (Lipinski definition) is 6. The largest absolute Gasteiger partial charge is 0.289 e. The van der Waals surface area contributed by atoms with Gasteiger partial charge in [0, 0.05) is 30.4 Å². The first kappa shape index (κ1) is 16.1. The third-order valence-electron chi connectivity index (χ3n) is 3.11. The number of nitrogens with one attached hydrogen (secondary N) is 1. The van der Waals surface area contributed by atoms with E-state index in [0.717, 1.165) is 29.1 Å². The van der Waals surface area contributed by atoms with E-state index in [1.54, 1.807) is 17.6 Å². The van der Waals surface area contributed by atoms with Gasteiger partial charge in [-0.1, -0.05) is 12.1 Å². The van der Waals surface area contributed by atoms with E-state index >= 15 is 0 Å². The van der Waals surface area contributed by atoms with Crippen LogP contribution in [0.3, 0.4) is 0 Å². The number of nitro groups is 1. The van der Waals surface area contributed by atoms with Gasteiger partial charge in [0.05, 0.1) is 15.6 Å². The van der Waals surface area contributed by atoms with E-state index < -0.39 is 10.8 Å². The number of benzene rings is 1. The second-order valence-corrected chi connectivity index (χ2v) is 5.63. The van der Waals surface area contributed by atoms with Crippen LogP contribution in [0.1, 0.15) is 22.7 Å². The average molecular weight is 321 g/mol. The second-order valence-electron chi connectivity index (χ2n) is 4.69. The Balaban J connectivity index is 1.85. The summed E-state index contributed by atoms with van der Waals surface area (Å²) in [7, 11) is 0. The molecule has 0 bridgehead atoms. The minimum absolute atomic E-state index is 0.0856. The molecule has 0 atom stereocenters. The lowest BCUT2D eigenvalue weighted by molar-refractivity contribution is -0.384. The molecule has 2 N–H and O–H groups in total. The van der Waals surface area contributed by atoms with Crippen molar-refractivity contribution < 1.29 is 14.9 Å². The molecule has 1 aromatic carbocycles. The molecule has 0 saturated heterocycles. The average Bonchev–Trinajstić information content (AvgIpc) is 2.99. The number of nitro benzene ring substituents is 1. The van der Waals surface area contributed by atoms with Gasteiger partial charge in [-0.25, -0.2) is 10.5 Å². The van der Waals surface area contributed by atoms with Crippen LogP contribution < -0.4 is 5.48 Å². The molecule has 0 spiro atoms. The molecule has 0 saturated carbocycles. The van der Waals surface area contributed by atoms with Gasteiger partial charge in [-0.2, -0.15) is 0 Å². The fraction of sp³-hybridized carbons (Fsp3) is 0.286. The number of carbonyl (C=O) groups excluding carboxylic acids is 1. The van der Waals surface area contributed by atoms with Crippen LogP contribution in [-0.4, -0.2) is 21.0 Å². The Morgan fingerprint density at radius 2 is 2.00 bits per heavy atom. The van der Waals surface area contributed by atoms with E-state index in [4.69, 9.17) is 5.21 Å². The van der Waals surface area contributed by atoms with E-state index in [0.29, 0.717) is 6.42 Å². The number of amides is 1. The van der Waals surface area contributed by atoms with Crippen molar-refractivity contribution in [2.45, 2.75) is 25.7 Å². The maximum Gasteiger partial charge on any atom is 0.269 e. The second kappa shape index (κ2) is 7.62. The van der Waals surface area contributed by atoms with E-state index in [2.05, 4.69) is 4.98 Å². The number of hydrogen-bond donors (Lipinski definition) is 2. The van der Waals surface area contributed by atoms with Gasteiger partial charge in [-0.15, -0.1) is 11.3 Å². The number of carbonyl (C=O) groups is 1. The number of aromatic nitrogens is 1. The van der Waals surface area contributed by atoms with Gasteiger partial charge < -0.3 is 0 Å². The monoisotopic (exact) mass is 321 g/mol. The van der Waals surface area contributed by atoms with Crippen LogP contribution in [0, 0.1) is 10.1 Å². The fourth-order valence-corrected chi connectivity index (χ4v) is 2.74. The lowest BCUT2D eigenvalue weighted by Gasteiger charge is -1.99.